The summed E-state index contributed by atoms with van der Waals surface area (Å²) < 4.78 is 13.9. The van der Waals surface area contributed by atoms with Crippen LogP contribution in [-0.2, 0) is 4.79 Å². The van der Waals surface area contributed by atoms with Gasteiger partial charge in [0.15, 0.2) is 0 Å². The summed E-state index contributed by atoms with van der Waals surface area (Å²) in [6.45, 7) is 3.49. The third-order valence-corrected chi connectivity index (χ3v) is 5.33. The number of aryl methyl sites for hydroxylation is 1. The minimum absolute atomic E-state index is 0.0809. The van der Waals surface area contributed by atoms with Gasteiger partial charge in [0.2, 0.25) is 5.91 Å². The van der Waals surface area contributed by atoms with Gasteiger partial charge in [0.1, 0.15) is 5.82 Å². The molecule has 0 unspecified atom stereocenters. The minimum atomic E-state index is -0.277. The Hall–Kier alpha value is -2.95. The molecule has 3 aromatic rings. The van der Waals surface area contributed by atoms with E-state index in [1.807, 2.05) is 6.07 Å². The van der Waals surface area contributed by atoms with Crippen molar-refractivity contribution in [3.8, 4) is 11.3 Å². The van der Waals surface area contributed by atoms with Crippen LogP contribution in [0.1, 0.15) is 18.4 Å². The number of benzene rings is 2. The van der Waals surface area contributed by atoms with Crippen LogP contribution in [-0.4, -0.2) is 24.0 Å². The van der Waals surface area contributed by atoms with Crippen LogP contribution in [0, 0.1) is 18.7 Å². The van der Waals surface area contributed by atoms with Crippen LogP contribution in [0.2, 0.25) is 0 Å². The zero-order valence-electron chi connectivity index (χ0n) is 15.3. The van der Waals surface area contributed by atoms with E-state index >= 15 is 0 Å². The van der Waals surface area contributed by atoms with Crippen molar-refractivity contribution in [3.05, 3.63) is 59.9 Å². The molecule has 1 saturated heterocycles. The molecule has 0 saturated carbocycles. The van der Waals surface area contributed by atoms with E-state index in [1.165, 1.54) is 17.7 Å². The Morgan fingerprint density at radius 3 is 2.48 bits per heavy atom. The third kappa shape index (κ3) is 3.50. The van der Waals surface area contributed by atoms with Gasteiger partial charge < -0.3 is 10.6 Å². The molecule has 1 fully saturated rings. The van der Waals surface area contributed by atoms with Gasteiger partial charge in [0.25, 0.3) is 0 Å². The van der Waals surface area contributed by atoms with Crippen molar-refractivity contribution in [1.29, 1.82) is 0 Å². The summed E-state index contributed by atoms with van der Waals surface area (Å²) in [4.78, 5) is 18.4. The second-order valence-corrected chi connectivity index (χ2v) is 7.22. The molecule has 1 aliphatic heterocycles. The van der Waals surface area contributed by atoms with Crippen molar-refractivity contribution in [2.24, 2.45) is 11.7 Å². The number of fused-ring (bicyclic) bond motifs is 1. The summed E-state index contributed by atoms with van der Waals surface area (Å²) in [6, 6.07) is 15.0. The van der Waals surface area contributed by atoms with Crippen LogP contribution < -0.4 is 10.6 Å². The normalized spacial score (nSPS) is 15.3. The highest BCUT2D eigenvalue weighted by Crippen LogP contribution is 2.33. The standard InChI is InChI=1S/C22H22FN3O/c1-14-2-4-15(5-3-14)20-13-21(18-12-17(23)6-7-19(18)25-20)26-10-8-16(9-11-26)22(24)27/h2-7,12-13,16H,8-11H2,1H3,(H2,24,27). The van der Waals surface area contributed by atoms with E-state index in [4.69, 9.17) is 10.7 Å². The van der Waals surface area contributed by atoms with Crippen molar-refractivity contribution < 1.29 is 9.18 Å². The topological polar surface area (TPSA) is 59.2 Å². The Labute approximate surface area is 157 Å². The predicted molar refractivity (Wildman–Crippen MR) is 106 cm³/mol. The molecule has 5 heteroatoms. The molecule has 2 N–H and O–H groups in total. The Balaban J connectivity index is 1.79. The van der Waals surface area contributed by atoms with Crippen LogP contribution >= 0.6 is 0 Å². The summed E-state index contributed by atoms with van der Waals surface area (Å²) in [5.41, 5.74) is 10.3. The van der Waals surface area contributed by atoms with Gasteiger partial charge in [0, 0.05) is 35.6 Å². The fraction of sp³-hybridized carbons (Fsp3) is 0.273. The Bertz CT molecular complexity index is 992. The number of carbonyl (C=O) groups is 1. The average molecular weight is 363 g/mol. The Kier molecular flexibility index (Phi) is 4.52. The number of primary amides is 1. The summed E-state index contributed by atoms with van der Waals surface area (Å²) >= 11 is 0. The van der Waals surface area contributed by atoms with Crippen molar-refractivity contribution in [3.63, 3.8) is 0 Å². The second-order valence-electron chi connectivity index (χ2n) is 7.22. The van der Waals surface area contributed by atoms with Crippen molar-refractivity contribution in [1.82, 2.24) is 4.98 Å². The smallest absolute Gasteiger partial charge is 0.220 e. The lowest BCUT2D eigenvalue weighted by molar-refractivity contribution is -0.122. The number of aromatic nitrogens is 1. The number of pyridine rings is 1. The number of rotatable bonds is 3. The van der Waals surface area contributed by atoms with Crippen LogP contribution in [0.15, 0.2) is 48.5 Å². The number of hydrogen-bond acceptors (Lipinski definition) is 3. The molecule has 0 spiro atoms. The number of halogens is 1. The average Bonchev–Trinajstić information content (AvgIpc) is 2.68. The number of hydrogen-bond donors (Lipinski definition) is 1. The van der Waals surface area contributed by atoms with Gasteiger partial charge in [-0.15, -0.1) is 0 Å². The van der Waals surface area contributed by atoms with Crippen molar-refractivity contribution in [2.45, 2.75) is 19.8 Å². The highest BCUT2D eigenvalue weighted by molar-refractivity contribution is 5.94. The molecular weight excluding hydrogens is 341 g/mol. The molecule has 1 amide bonds. The van der Waals surface area contributed by atoms with Crippen LogP contribution in [0.3, 0.4) is 0 Å². The van der Waals surface area contributed by atoms with Gasteiger partial charge in [0.05, 0.1) is 11.2 Å². The molecule has 1 aromatic heterocycles. The number of nitrogens with two attached hydrogens (primary N) is 1. The number of carbonyl (C=O) groups excluding carboxylic acids is 1. The van der Waals surface area contributed by atoms with Gasteiger partial charge in [-0.2, -0.15) is 0 Å². The Morgan fingerprint density at radius 2 is 1.81 bits per heavy atom. The lowest BCUT2D eigenvalue weighted by Crippen LogP contribution is -2.38. The maximum Gasteiger partial charge on any atom is 0.220 e. The predicted octanol–water partition coefficient (Wildman–Crippen LogP) is 4.05. The van der Waals surface area contributed by atoms with Gasteiger partial charge in [-0.3, -0.25) is 4.79 Å². The van der Waals surface area contributed by atoms with Crippen molar-refractivity contribution in [2.75, 3.05) is 18.0 Å². The van der Waals surface area contributed by atoms with E-state index in [0.29, 0.717) is 12.8 Å². The first-order valence-electron chi connectivity index (χ1n) is 9.23. The fourth-order valence-corrected chi connectivity index (χ4v) is 3.72. The van der Waals surface area contributed by atoms with Gasteiger partial charge >= 0.3 is 0 Å². The second kappa shape index (κ2) is 6.99. The summed E-state index contributed by atoms with van der Waals surface area (Å²) in [5, 5.41) is 0.795. The molecule has 0 radical (unpaired) electrons. The maximum absolute atomic E-state index is 13.9. The fourth-order valence-electron chi connectivity index (χ4n) is 3.72. The zero-order valence-corrected chi connectivity index (χ0v) is 15.3. The van der Waals surface area contributed by atoms with Gasteiger partial charge in [-0.25, -0.2) is 9.37 Å². The summed E-state index contributed by atoms with van der Waals surface area (Å²) in [6.07, 6.45) is 1.43. The van der Waals surface area contributed by atoms with Crippen molar-refractivity contribution >= 4 is 22.5 Å². The summed E-state index contributed by atoms with van der Waals surface area (Å²) in [5.74, 6) is -0.594. The van der Waals surface area contributed by atoms with Crippen LogP contribution in [0.5, 0.6) is 0 Å². The lowest BCUT2D eigenvalue weighted by Gasteiger charge is -2.33. The Morgan fingerprint density at radius 1 is 1.11 bits per heavy atom. The SMILES string of the molecule is Cc1ccc(-c2cc(N3CCC(C(N)=O)CC3)c3cc(F)ccc3n2)cc1. The van der Waals surface area contributed by atoms with E-state index in [0.717, 1.165) is 40.9 Å². The quantitative estimate of drug-likeness (QED) is 0.764. The number of amides is 1. The first kappa shape index (κ1) is 17.5. The first-order valence-corrected chi connectivity index (χ1v) is 9.23. The molecule has 0 atom stereocenters. The summed E-state index contributed by atoms with van der Waals surface area (Å²) in [7, 11) is 0. The van der Waals surface area contributed by atoms with E-state index in [2.05, 4.69) is 36.1 Å². The highest BCUT2D eigenvalue weighted by Gasteiger charge is 2.24. The zero-order chi connectivity index (χ0) is 19.0. The largest absolute Gasteiger partial charge is 0.371 e. The number of piperidine rings is 1. The van der Waals surface area contributed by atoms with Gasteiger partial charge in [-0.05, 0) is 44.0 Å². The molecule has 4 rings (SSSR count). The van der Waals surface area contributed by atoms with E-state index in [1.54, 1.807) is 6.07 Å². The van der Waals surface area contributed by atoms with E-state index in [-0.39, 0.29) is 17.6 Å². The van der Waals surface area contributed by atoms with Crippen LogP contribution in [0.4, 0.5) is 10.1 Å². The lowest BCUT2D eigenvalue weighted by atomic mass is 9.95. The number of anilines is 1. The highest BCUT2D eigenvalue weighted by atomic mass is 19.1. The first-order chi connectivity index (χ1) is 13.0. The van der Waals surface area contributed by atoms with E-state index in [9.17, 15) is 9.18 Å². The molecule has 1 aliphatic rings. The molecule has 138 valence electrons. The molecule has 0 aliphatic carbocycles. The molecule has 2 aromatic carbocycles. The van der Waals surface area contributed by atoms with Gasteiger partial charge in [-0.1, -0.05) is 29.8 Å². The van der Waals surface area contributed by atoms with E-state index < -0.39 is 0 Å². The molecule has 0 bridgehead atoms. The maximum atomic E-state index is 13.9. The molecule has 27 heavy (non-hydrogen) atoms. The minimum Gasteiger partial charge on any atom is -0.371 e. The van der Waals surface area contributed by atoms with Crippen LogP contribution in [0.25, 0.3) is 22.2 Å². The number of nitrogens with zero attached hydrogens (tertiary/aromatic N) is 2. The molecular formula is C22H22FN3O. The molecule has 2 heterocycles. The third-order valence-electron chi connectivity index (χ3n) is 5.33. The molecule has 4 nitrogen and oxygen atoms in total. The monoisotopic (exact) mass is 363 g/mol.